The molecule has 25 rings (SSSR count). The van der Waals surface area contributed by atoms with Gasteiger partial charge in [0.05, 0.1) is 77.1 Å². The number of rotatable bonds is 9. The number of carbonyl (C=O) groups is 10. The molecule has 44 atom stereocenters. The van der Waals surface area contributed by atoms with Gasteiger partial charge in [-0.05, 0) is 168 Å². The Morgan fingerprint density at radius 3 is 1.35 bits per heavy atom. The van der Waals surface area contributed by atoms with Gasteiger partial charge >= 0.3 is 59.7 Å². The number of carbonyl (C=O) groups excluding carboxylic acids is 10. The van der Waals surface area contributed by atoms with Gasteiger partial charge < -0.3 is 52.1 Å². The molecular formula is C78H96O27S2. The van der Waals surface area contributed by atoms with Gasteiger partial charge in [-0.3, -0.25) is 56.3 Å². The van der Waals surface area contributed by atoms with Gasteiger partial charge in [-0.1, -0.05) is 41.5 Å². The zero-order chi connectivity index (χ0) is 73.9. The predicted octanol–water partition coefficient (Wildman–Crippen LogP) is 5.16. The summed E-state index contributed by atoms with van der Waals surface area (Å²) in [6.45, 7) is 13.4. The normalized spacial score (nSPS) is 55.8. The molecule has 0 aromatic heterocycles. The summed E-state index contributed by atoms with van der Waals surface area (Å²) in [6, 6.07) is 0. The van der Waals surface area contributed by atoms with E-state index >= 15 is 0 Å². The van der Waals surface area contributed by atoms with Crippen molar-refractivity contribution in [3.05, 3.63) is 0 Å². The summed E-state index contributed by atoms with van der Waals surface area (Å²) in [5.74, 6) is 0.817. The lowest BCUT2D eigenvalue weighted by Crippen LogP contribution is -2.45. The van der Waals surface area contributed by atoms with E-state index in [0.717, 1.165) is 95.5 Å². The van der Waals surface area contributed by atoms with E-state index in [9.17, 15) is 64.8 Å². The second-order valence-electron chi connectivity index (χ2n) is 37.9. The Morgan fingerprint density at radius 1 is 0.393 bits per heavy atom. The highest BCUT2D eigenvalue weighted by atomic mass is 32.2. The highest BCUT2D eigenvalue weighted by molar-refractivity contribution is 7.88. The molecule has 29 heteroatoms. The van der Waals surface area contributed by atoms with Crippen molar-refractivity contribution in [1.29, 1.82) is 0 Å². The Hall–Kier alpha value is -5.52. The molecule has 0 aromatic rings. The highest BCUT2D eigenvalue weighted by Crippen LogP contribution is 2.67. The van der Waals surface area contributed by atoms with E-state index < -0.39 is 91.1 Å². The van der Waals surface area contributed by atoms with Crippen LogP contribution in [0.1, 0.15) is 144 Å². The van der Waals surface area contributed by atoms with E-state index in [1.54, 1.807) is 0 Å². The molecule has 582 valence electrons. The molecule has 25 aliphatic rings. The number of cyclic esters (lactones) is 1. The van der Waals surface area contributed by atoms with Gasteiger partial charge in [-0.2, -0.15) is 16.8 Å². The third-order valence-corrected chi connectivity index (χ3v) is 37.6. The van der Waals surface area contributed by atoms with Crippen LogP contribution in [0, 0.1) is 178 Å². The molecule has 107 heavy (non-hydrogen) atoms. The van der Waals surface area contributed by atoms with Gasteiger partial charge in [0.25, 0.3) is 20.2 Å². The third kappa shape index (κ3) is 9.61. The maximum absolute atomic E-state index is 12.9. The third-order valence-electron chi connectivity index (χ3n) is 34.1. The molecule has 25 fully saturated rings. The van der Waals surface area contributed by atoms with Gasteiger partial charge in [-0.15, -0.1) is 0 Å². The van der Waals surface area contributed by atoms with Crippen molar-refractivity contribution in [2.24, 2.45) is 178 Å². The van der Waals surface area contributed by atoms with Crippen molar-refractivity contribution in [2.45, 2.75) is 234 Å². The molecule has 10 aliphatic heterocycles. The number of esters is 10. The lowest BCUT2D eigenvalue weighted by molar-refractivity contribution is -0.170. The van der Waals surface area contributed by atoms with Crippen LogP contribution in [0.3, 0.4) is 0 Å². The molecule has 0 aromatic carbocycles. The Labute approximate surface area is 619 Å². The van der Waals surface area contributed by atoms with Crippen LogP contribution in [0.5, 0.6) is 0 Å². The first-order valence-electron chi connectivity index (χ1n) is 40.6. The van der Waals surface area contributed by atoms with E-state index in [4.69, 9.17) is 60.5 Å². The Balaban J connectivity index is 0.0000000870. The number of hydrogen-bond acceptors (Lipinski definition) is 27. The quantitative estimate of drug-likeness (QED) is 0.163. The second kappa shape index (κ2) is 23.8. The summed E-state index contributed by atoms with van der Waals surface area (Å²) in [6.07, 6.45) is 10.3. The fourth-order valence-corrected chi connectivity index (χ4v) is 33.0. The molecule has 15 aliphatic carbocycles. The molecule has 27 nitrogen and oxygen atoms in total. The summed E-state index contributed by atoms with van der Waals surface area (Å²) < 4.78 is 120. The van der Waals surface area contributed by atoms with Crippen molar-refractivity contribution in [3.8, 4) is 0 Å². The molecule has 16 bridgehead atoms. The minimum Gasteiger partial charge on any atom is -0.465 e. The van der Waals surface area contributed by atoms with Crippen LogP contribution in [0.4, 0.5) is 0 Å². The van der Waals surface area contributed by atoms with E-state index in [-0.39, 0.29) is 220 Å². The van der Waals surface area contributed by atoms with Crippen LogP contribution < -0.4 is 0 Å². The van der Waals surface area contributed by atoms with Crippen molar-refractivity contribution in [2.75, 3.05) is 6.61 Å². The first-order chi connectivity index (χ1) is 51.1. The molecule has 10 heterocycles. The Bertz CT molecular complexity index is 4000. The van der Waals surface area contributed by atoms with Gasteiger partial charge in [0, 0.05) is 53.3 Å². The van der Waals surface area contributed by atoms with Crippen LogP contribution in [0.15, 0.2) is 0 Å². The van der Waals surface area contributed by atoms with Crippen LogP contribution in [0.2, 0.25) is 0 Å². The van der Waals surface area contributed by atoms with Crippen molar-refractivity contribution in [1.82, 2.24) is 0 Å². The maximum atomic E-state index is 12.9. The fourth-order valence-electron chi connectivity index (χ4n) is 29.5. The second-order valence-corrected chi connectivity index (χ2v) is 41.5. The lowest BCUT2D eigenvalue weighted by Gasteiger charge is -2.33. The summed E-state index contributed by atoms with van der Waals surface area (Å²) in [5, 5.41) is -1.07. The van der Waals surface area contributed by atoms with E-state index in [1.807, 2.05) is 13.8 Å². The number of hydrogen-bond donors (Lipinski definition) is 0. The Morgan fingerprint density at radius 2 is 0.832 bits per heavy atom. The molecular weight excluding hydrogens is 1430 g/mol. The van der Waals surface area contributed by atoms with Gasteiger partial charge in [0.2, 0.25) is 0 Å². The van der Waals surface area contributed by atoms with E-state index in [1.165, 1.54) is 12.8 Å². The highest BCUT2D eigenvalue weighted by Gasteiger charge is 2.75. The first-order valence-corrected chi connectivity index (χ1v) is 43.6. The zero-order valence-corrected chi connectivity index (χ0v) is 62.4. The summed E-state index contributed by atoms with van der Waals surface area (Å²) in [7, 11) is -7.16. The molecule has 0 spiro atoms. The smallest absolute Gasteiger partial charge is 0.310 e. The average Bonchev–Trinajstić information content (AvgIpc) is 1.55. The molecule has 15 saturated carbocycles. The lowest BCUT2D eigenvalue weighted by atomic mass is 9.75. The average molecular weight is 1530 g/mol. The molecule has 0 radical (unpaired) electrons. The largest absolute Gasteiger partial charge is 0.465 e. The van der Waals surface area contributed by atoms with Crippen LogP contribution in [-0.2, 0) is 129 Å². The molecule has 0 amide bonds. The van der Waals surface area contributed by atoms with Crippen molar-refractivity contribution < 1.29 is 125 Å². The minimum absolute atomic E-state index is 0.00409. The van der Waals surface area contributed by atoms with Crippen LogP contribution >= 0.6 is 0 Å². The van der Waals surface area contributed by atoms with Gasteiger partial charge in [0.15, 0.2) is 6.10 Å². The zero-order valence-electron chi connectivity index (χ0n) is 60.8. The predicted molar refractivity (Wildman–Crippen MR) is 355 cm³/mol. The summed E-state index contributed by atoms with van der Waals surface area (Å²) in [4.78, 5) is 123. The van der Waals surface area contributed by atoms with E-state index in [0.29, 0.717) is 36.5 Å². The fraction of sp³-hybridized carbons (Fsp3) is 0.872. The first kappa shape index (κ1) is 69.4. The number of ether oxygens (including phenoxy) is 11. The van der Waals surface area contributed by atoms with Crippen molar-refractivity contribution >= 4 is 79.9 Å². The molecule has 10 saturated heterocycles. The van der Waals surface area contributed by atoms with Gasteiger partial charge in [-0.25, -0.2) is 0 Å². The van der Waals surface area contributed by atoms with Gasteiger partial charge in [0.1, 0.15) is 71.9 Å². The molecule has 0 N–H and O–H groups in total. The topological polar surface area (TPSA) is 359 Å². The standard InChI is InChI=1S/C18H20O6.C17H20O7S.C17H24O4.C16H18O8S.C10H14O2/c1-5-7-4-10-12(18(21)22-13(5)10)11(7)17(20)23-14-6-2-8-9(3-6)16(19)24-15(8)14;1-5-7-4-9-12(17(19)22-13(5)9)11(7)16(18)23-14-6-2-8-10(3-6)25(20,21)24-15(8)14;1-3-17(6-4-5-7-17)21-16(19)12-10-8-11-13(12)15(18)20-14(11)9(10)2;1-4-5-2-6-10(16(18)22-11(4)6)9(5)15(17)23-12-7-3-8-13(21-7)14(12)24-25(8,19)20;1-5-2-6-3-7(5)8-4-12-10(11)9(6)8/h5-15H,2-4H2,1H3;5-15H,2-4H2,1H3;9-14H,3-8H2,1-2H3;4-14H,2-3H2,1H3;5-9H,2-4H2,1H3. The van der Waals surface area contributed by atoms with Crippen molar-refractivity contribution in [3.63, 3.8) is 0 Å². The molecule has 44 unspecified atom stereocenters. The van der Waals surface area contributed by atoms with Crippen LogP contribution in [0.25, 0.3) is 0 Å². The summed E-state index contributed by atoms with van der Waals surface area (Å²) >= 11 is 0. The minimum atomic E-state index is -3.64. The maximum Gasteiger partial charge on any atom is 0.310 e. The monoisotopic (exact) mass is 1530 g/mol. The summed E-state index contributed by atoms with van der Waals surface area (Å²) in [5.41, 5.74) is -0.260. The number of fused-ring (bicyclic) bond motifs is 12. The van der Waals surface area contributed by atoms with Crippen LogP contribution in [-0.4, -0.2) is 172 Å². The Kier molecular flexibility index (Phi) is 15.4. The van der Waals surface area contributed by atoms with E-state index in [2.05, 4.69) is 27.7 Å². The SMILES string of the molecule is CC1C2CC3C1OC(=O)C3C2C(=O)OC1C2CC3C(=O)OC1C3C2.CC1C2CC3C1OC(=O)C3C2C(=O)OC1C2CC3C(O2)C1OS3(=O)=O.CC1C2CC3C1OC(=O)C3C2C(=O)OC1C2CC3C1OS(=O)(=O)C3C2.CC1CC2CC1C1COC(=O)C21.CCC1(OC(=O)C2C3CC4C(OC(=O)C42)C3C)CCCC1.